The second-order valence-corrected chi connectivity index (χ2v) is 6.09. The molecule has 5 nitrogen and oxygen atoms in total. The minimum atomic E-state index is -0.217. The smallest absolute Gasteiger partial charge is 0.273 e. The summed E-state index contributed by atoms with van der Waals surface area (Å²) in [6, 6.07) is 7.02. The van der Waals surface area contributed by atoms with Crippen molar-refractivity contribution in [3.8, 4) is 5.75 Å². The van der Waals surface area contributed by atoms with Crippen molar-refractivity contribution in [3.63, 3.8) is 0 Å². The van der Waals surface area contributed by atoms with Crippen LogP contribution in [-0.4, -0.2) is 22.3 Å². The zero-order chi connectivity index (χ0) is 17.0. The molecule has 124 valence electrons. The summed E-state index contributed by atoms with van der Waals surface area (Å²) in [6.07, 6.45) is 0.910. The van der Waals surface area contributed by atoms with Crippen molar-refractivity contribution >= 4 is 23.2 Å². The first-order valence-electron chi connectivity index (χ1n) is 7.70. The predicted molar refractivity (Wildman–Crippen MR) is 92.5 cm³/mol. The van der Waals surface area contributed by atoms with Gasteiger partial charge in [-0.1, -0.05) is 32.4 Å². The molecule has 1 N–H and O–H groups in total. The maximum atomic E-state index is 12.4. The van der Waals surface area contributed by atoms with Crippen molar-refractivity contribution in [1.29, 1.82) is 0 Å². The molecule has 2 aromatic rings. The van der Waals surface area contributed by atoms with Crippen LogP contribution < -0.4 is 10.1 Å². The average molecular weight is 336 g/mol. The van der Waals surface area contributed by atoms with Gasteiger partial charge in [-0.25, -0.2) is 0 Å². The molecular weight excluding hydrogens is 314 g/mol. The Labute approximate surface area is 141 Å². The molecule has 2 rings (SSSR count). The molecule has 0 fully saturated rings. The third-order valence-corrected chi connectivity index (χ3v) is 3.67. The van der Waals surface area contributed by atoms with Gasteiger partial charge in [0.1, 0.15) is 11.4 Å². The number of carbonyl (C=O) groups is 1. The van der Waals surface area contributed by atoms with Gasteiger partial charge in [0.05, 0.1) is 17.3 Å². The van der Waals surface area contributed by atoms with Crippen LogP contribution >= 0.6 is 11.6 Å². The number of nitrogens with one attached hydrogen (secondary N) is 1. The highest BCUT2D eigenvalue weighted by atomic mass is 35.5. The Morgan fingerprint density at radius 2 is 2.13 bits per heavy atom. The number of carbonyl (C=O) groups excluding carboxylic acids is 1. The largest absolute Gasteiger partial charge is 0.492 e. The molecule has 23 heavy (non-hydrogen) atoms. The van der Waals surface area contributed by atoms with Crippen LogP contribution in [0.15, 0.2) is 24.3 Å². The molecule has 0 unspecified atom stereocenters. The Bertz CT molecular complexity index is 695. The summed E-state index contributed by atoms with van der Waals surface area (Å²) in [5.41, 5.74) is 2.02. The molecule has 0 aliphatic carbocycles. The molecule has 0 spiro atoms. The van der Waals surface area contributed by atoms with Gasteiger partial charge in [0, 0.05) is 12.7 Å². The lowest BCUT2D eigenvalue weighted by atomic mass is 10.1. The second kappa shape index (κ2) is 7.51. The fourth-order valence-corrected chi connectivity index (χ4v) is 2.32. The molecule has 1 amide bonds. The molecule has 0 bridgehead atoms. The molecular formula is C17H22ClN3O2. The summed E-state index contributed by atoms with van der Waals surface area (Å²) in [5.74, 6) is 0.673. The maximum Gasteiger partial charge on any atom is 0.273 e. The normalized spacial score (nSPS) is 10.9. The van der Waals surface area contributed by atoms with Gasteiger partial charge in [0.2, 0.25) is 0 Å². The number of nitrogens with zero attached hydrogens (tertiary/aromatic N) is 2. The number of ether oxygens (including phenoxy) is 1. The van der Waals surface area contributed by atoms with Crippen LogP contribution in [0.2, 0.25) is 5.02 Å². The summed E-state index contributed by atoms with van der Waals surface area (Å²) < 4.78 is 7.11. The predicted octanol–water partition coefficient (Wildman–Crippen LogP) is 4.24. The van der Waals surface area contributed by atoms with E-state index in [9.17, 15) is 4.79 Å². The first-order chi connectivity index (χ1) is 10.9. The molecule has 0 aliphatic rings. The summed E-state index contributed by atoms with van der Waals surface area (Å²) in [5, 5.41) is 7.66. The van der Waals surface area contributed by atoms with E-state index in [-0.39, 0.29) is 11.8 Å². The van der Waals surface area contributed by atoms with Crippen LogP contribution in [0.25, 0.3) is 0 Å². The van der Waals surface area contributed by atoms with Crippen molar-refractivity contribution in [3.05, 3.63) is 40.7 Å². The van der Waals surface area contributed by atoms with E-state index in [1.807, 2.05) is 20.8 Å². The number of hydrogen-bond donors (Lipinski definition) is 1. The van der Waals surface area contributed by atoms with Crippen LogP contribution in [-0.2, 0) is 7.05 Å². The third kappa shape index (κ3) is 4.26. The van der Waals surface area contributed by atoms with E-state index in [1.54, 1.807) is 36.0 Å². The lowest BCUT2D eigenvalue weighted by Gasteiger charge is -2.09. The van der Waals surface area contributed by atoms with Gasteiger partial charge in [-0.2, -0.15) is 5.10 Å². The molecule has 6 heteroatoms. The highest BCUT2D eigenvalue weighted by molar-refractivity contribution is 6.32. The van der Waals surface area contributed by atoms with E-state index in [4.69, 9.17) is 16.3 Å². The molecule has 0 atom stereocenters. The van der Waals surface area contributed by atoms with Gasteiger partial charge >= 0.3 is 0 Å². The van der Waals surface area contributed by atoms with Crippen LogP contribution in [0.5, 0.6) is 5.75 Å². The fraction of sp³-hybridized carbons (Fsp3) is 0.412. The van der Waals surface area contributed by atoms with Gasteiger partial charge < -0.3 is 10.1 Å². The Morgan fingerprint density at radius 1 is 1.39 bits per heavy atom. The molecule has 0 saturated heterocycles. The number of halogens is 1. The lowest BCUT2D eigenvalue weighted by molar-refractivity contribution is 0.101. The van der Waals surface area contributed by atoms with Crippen molar-refractivity contribution in [2.24, 2.45) is 7.05 Å². The number of aromatic nitrogens is 2. The summed E-state index contributed by atoms with van der Waals surface area (Å²) in [6.45, 7) is 6.72. The highest BCUT2D eigenvalue weighted by Crippen LogP contribution is 2.28. The standard InChI is InChI=1S/C17H22ClN3O2/c1-5-8-23-16-7-6-12(9-13(16)18)19-17(22)15-10-14(11(2)3)20-21(15)4/h6-7,9-11H,5,8H2,1-4H3,(H,19,22). The van der Waals surface area contributed by atoms with Gasteiger partial charge in [0.15, 0.2) is 0 Å². The van der Waals surface area contributed by atoms with Crippen LogP contribution in [0.3, 0.4) is 0 Å². The summed E-state index contributed by atoms with van der Waals surface area (Å²) in [4.78, 5) is 12.4. The van der Waals surface area contributed by atoms with E-state index in [0.717, 1.165) is 12.1 Å². The van der Waals surface area contributed by atoms with Crippen LogP contribution in [0.4, 0.5) is 5.69 Å². The van der Waals surface area contributed by atoms with E-state index >= 15 is 0 Å². The molecule has 0 radical (unpaired) electrons. The van der Waals surface area contributed by atoms with E-state index in [2.05, 4.69) is 10.4 Å². The van der Waals surface area contributed by atoms with Gasteiger partial charge in [-0.3, -0.25) is 9.48 Å². The number of anilines is 1. The topological polar surface area (TPSA) is 56.1 Å². The minimum Gasteiger partial charge on any atom is -0.492 e. The van der Waals surface area contributed by atoms with E-state index in [1.165, 1.54) is 0 Å². The lowest BCUT2D eigenvalue weighted by Crippen LogP contribution is -2.16. The zero-order valence-electron chi connectivity index (χ0n) is 13.9. The Balaban J connectivity index is 2.12. The Kier molecular flexibility index (Phi) is 5.66. The van der Waals surface area contributed by atoms with Crippen molar-refractivity contribution < 1.29 is 9.53 Å². The Hall–Kier alpha value is -2.01. The zero-order valence-corrected chi connectivity index (χ0v) is 14.6. The first-order valence-corrected chi connectivity index (χ1v) is 8.07. The van der Waals surface area contributed by atoms with Crippen molar-refractivity contribution in [2.45, 2.75) is 33.1 Å². The molecule has 0 saturated carbocycles. The van der Waals surface area contributed by atoms with Crippen molar-refractivity contribution in [1.82, 2.24) is 9.78 Å². The molecule has 1 heterocycles. The summed E-state index contributed by atoms with van der Waals surface area (Å²) in [7, 11) is 1.76. The summed E-state index contributed by atoms with van der Waals surface area (Å²) >= 11 is 6.18. The van der Waals surface area contributed by atoms with E-state index < -0.39 is 0 Å². The van der Waals surface area contributed by atoms with Gasteiger partial charge in [-0.15, -0.1) is 0 Å². The fourth-order valence-electron chi connectivity index (χ4n) is 2.09. The Morgan fingerprint density at radius 3 is 2.70 bits per heavy atom. The SMILES string of the molecule is CCCOc1ccc(NC(=O)c2cc(C(C)C)nn2C)cc1Cl. The number of rotatable bonds is 6. The minimum absolute atomic E-state index is 0.217. The average Bonchev–Trinajstić information content (AvgIpc) is 2.89. The third-order valence-electron chi connectivity index (χ3n) is 3.37. The van der Waals surface area contributed by atoms with Crippen molar-refractivity contribution in [2.75, 3.05) is 11.9 Å². The van der Waals surface area contributed by atoms with Gasteiger partial charge in [-0.05, 0) is 36.6 Å². The van der Waals surface area contributed by atoms with E-state index in [0.29, 0.717) is 28.8 Å². The second-order valence-electron chi connectivity index (χ2n) is 5.68. The molecule has 1 aromatic heterocycles. The first kappa shape index (κ1) is 17.3. The molecule has 0 aliphatic heterocycles. The van der Waals surface area contributed by atoms with Crippen LogP contribution in [0, 0.1) is 0 Å². The quantitative estimate of drug-likeness (QED) is 0.859. The molecule has 1 aromatic carbocycles. The number of hydrogen-bond acceptors (Lipinski definition) is 3. The highest BCUT2D eigenvalue weighted by Gasteiger charge is 2.15. The number of aryl methyl sites for hydroxylation is 1. The monoisotopic (exact) mass is 335 g/mol. The number of benzene rings is 1. The maximum absolute atomic E-state index is 12.4. The van der Waals surface area contributed by atoms with Crippen LogP contribution in [0.1, 0.15) is 49.3 Å². The number of amides is 1. The van der Waals surface area contributed by atoms with Gasteiger partial charge in [0.25, 0.3) is 5.91 Å².